The molecule has 0 aliphatic carbocycles. The Labute approximate surface area is 235 Å². The summed E-state index contributed by atoms with van der Waals surface area (Å²) in [7, 11) is 4.08. The van der Waals surface area contributed by atoms with Crippen LogP contribution in [0.2, 0.25) is 0 Å². The highest BCUT2D eigenvalue weighted by atomic mass is 19.1. The molecule has 10 heteroatoms. The largest absolute Gasteiger partial charge is 0.453 e. The maximum atomic E-state index is 15.5. The summed E-state index contributed by atoms with van der Waals surface area (Å²) >= 11 is 0. The third kappa shape index (κ3) is 7.73. The van der Waals surface area contributed by atoms with Crippen molar-refractivity contribution in [1.82, 2.24) is 14.3 Å². The molecule has 1 amide bonds. The number of halogens is 1. The van der Waals surface area contributed by atoms with Crippen LogP contribution < -0.4 is 0 Å². The molecular weight excluding hydrogens is 517 g/mol. The molecule has 2 heterocycles. The Hall–Kier alpha value is -3.63. The monoisotopic (exact) mass is 557 g/mol. The summed E-state index contributed by atoms with van der Waals surface area (Å²) in [5, 5.41) is 0. The summed E-state index contributed by atoms with van der Waals surface area (Å²) in [5.74, 6) is -1.04. The van der Waals surface area contributed by atoms with Gasteiger partial charge >= 0.3 is 6.09 Å². The fraction of sp³-hybridized carbons (Fsp3) is 0.467. The normalized spacial score (nSPS) is 10.8. The Morgan fingerprint density at radius 1 is 1.07 bits per heavy atom. The van der Waals surface area contributed by atoms with Crippen LogP contribution >= 0.6 is 0 Å². The number of imidazole rings is 1. The number of rotatable bonds is 12. The van der Waals surface area contributed by atoms with Crippen LogP contribution in [0.15, 0.2) is 30.5 Å². The molecule has 0 aliphatic heterocycles. The zero-order chi connectivity index (χ0) is 30.0. The Kier molecular flexibility index (Phi) is 12.4. The van der Waals surface area contributed by atoms with Crippen LogP contribution in [0.3, 0.4) is 0 Å². The number of amides is 1. The molecule has 1 aromatic carbocycles. The minimum absolute atomic E-state index is 0.0222. The molecule has 0 atom stereocenters. The van der Waals surface area contributed by atoms with Crippen LogP contribution in [-0.2, 0) is 25.4 Å². The molecule has 0 fully saturated rings. The van der Waals surface area contributed by atoms with E-state index in [2.05, 4.69) is 4.98 Å². The smallest absolute Gasteiger partial charge is 0.410 e. The average Bonchev–Trinajstić information content (AvgIpc) is 3.27. The summed E-state index contributed by atoms with van der Waals surface area (Å²) in [5.41, 5.74) is 3.36. The number of hydrogen-bond donors (Lipinski definition) is 0. The number of ether oxygens (including phenoxy) is 3. The first-order valence-electron chi connectivity index (χ1n) is 13.3. The van der Waals surface area contributed by atoms with Crippen molar-refractivity contribution in [3.05, 3.63) is 58.7 Å². The van der Waals surface area contributed by atoms with Crippen molar-refractivity contribution in [2.75, 3.05) is 34.4 Å². The van der Waals surface area contributed by atoms with E-state index < -0.39 is 18.2 Å². The molecule has 0 N–H and O–H groups in total. The SMILES string of the molecule is CC.CCCC(=O)c1cc(C)c(-c2nc3cc(C)ccn3c2CC(=O)CN(CC(OC)OC)C(=O)OC)c(F)c1. The second-order valence-corrected chi connectivity index (χ2v) is 9.13. The van der Waals surface area contributed by atoms with Gasteiger partial charge in [-0.2, -0.15) is 0 Å². The van der Waals surface area contributed by atoms with Crippen molar-refractivity contribution in [2.45, 2.75) is 60.2 Å². The number of nitrogens with zero attached hydrogens (tertiary/aromatic N) is 3. The zero-order valence-electron chi connectivity index (χ0n) is 24.7. The van der Waals surface area contributed by atoms with Crippen LogP contribution in [-0.4, -0.2) is 72.7 Å². The lowest BCUT2D eigenvalue weighted by Crippen LogP contribution is -2.42. The van der Waals surface area contributed by atoms with Crippen LogP contribution in [0.5, 0.6) is 0 Å². The lowest BCUT2D eigenvalue weighted by atomic mass is 9.96. The summed E-state index contributed by atoms with van der Waals surface area (Å²) in [6.45, 7) is 9.22. The maximum Gasteiger partial charge on any atom is 0.410 e. The number of hydrogen-bond acceptors (Lipinski definition) is 7. The standard InChI is InChI=1S/C28H34FN3O6.C2H6/c1-7-8-23(34)19-12-18(3)26(21(29)13-19)27-22(32-10-9-17(2)11-24(32)30-27)14-20(33)15-31(28(35)38-6)16-25(36-4)37-5;1-2/h9-13,25H,7-8,14-16H2,1-6H3;1-2H3. The molecule has 218 valence electrons. The number of carbonyl (C=O) groups is 3. The first-order chi connectivity index (χ1) is 19.1. The predicted molar refractivity (Wildman–Crippen MR) is 151 cm³/mol. The van der Waals surface area contributed by atoms with Crippen LogP contribution in [0.1, 0.15) is 60.8 Å². The number of Topliss-reactive ketones (excluding diaryl/α,β-unsaturated/α-hetero) is 2. The Bertz CT molecular complexity index is 1310. The second-order valence-electron chi connectivity index (χ2n) is 9.13. The molecule has 3 aromatic rings. The van der Waals surface area contributed by atoms with Crippen molar-refractivity contribution < 1.29 is 33.0 Å². The average molecular weight is 558 g/mol. The number of methoxy groups -OCH3 is 3. The predicted octanol–water partition coefficient (Wildman–Crippen LogP) is 5.57. The van der Waals surface area contributed by atoms with Gasteiger partial charge in [0.05, 0.1) is 38.0 Å². The molecule has 0 spiro atoms. The number of aryl methyl sites for hydroxylation is 2. The van der Waals surface area contributed by atoms with E-state index in [0.717, 1.165) is 5.56 Å². The van der Waals surface area contributed by atoms with Gasteiger partial charge in [-0.3, -0.25) is 14.5 Å². The van der Waals surface area contributed by atoms with E-state index in [9.17, 15) is 14.4 Å². The third-order valence-corrected chi connectivity index (χ3v) is 6.26. The Morgan fingerprint density at radius 2 is 1.75 bits per heavy atom. The third-order valence-electron chi connectivity index (χ3n) is 6.26. The van der Waals surface area contributed by atoms with Crippen molar-refractivity contribution in [3.63, 3.8) is 0 Å². The van der Waals surface area contributed by atoms with Gasteiger partial charge in [-0.15, -0.1) is 0 Å². The van der Waals surface area contributed by atoms with Crippen LogP contribution in [0, 0.1) is 19.7 Å². The number of pyridine rings is 1. The number of carbonyl (C=O) groups excluding carboxylic acids is 3. The van der Waals surface area contributed by atoms with Gasteiger partial charge in [0.2, 0.25) is 0 Å². The van der Waals surface area contributed by atoms with E-state index >= 15 is 4.39 Å². The molecule has 0 aliphatic rings. The fourth-order valence-corrected chi connectivity index (χ4v) is 4.36. The van der Waals surface area contributed by atoms with E-state index in [0.29, 0.717) is 41.0 Å². The van der Waals surface area contributed by atoms with Gasteiger partial charge in [-0.25, -0.2) is 14.2 Å². The Balaban J connectivity index is 0.00000274. The summed E-state index contributed by atoms with van der Waals surface area (Å²) in [6, 6.07) is 6.60. The minimum atomic E-state index is -0.748. The van der Waals surface area contributed by atoms with Crippen molar-refractivity contribution >= 4 is 23.3 Å². The summed E-state index contributed by atoms with van der Waals surface area (Å²) in [4.78, 5) is 43.9. The van der Waals surface area contributed by atoms with Gasteiger partial charge in [-0.05, 0) is 55.7 Å². The lowest BCUT2D eigenvalue weighted by molar-refractivity contribution is -0.125. The first-order valence-corrected chi connectivity index (χ1v) is 13.3. The molecule has 2 aromatic heterocycles. The molecule has 3 rings (SSSR count). The second kappa shape index (κ2) is 15.2. The highest BCUT2D eigenvalue weighted by Gasteiger charge is 2.26. The van der Waals surface area contributed by atoms with Gasteiger partial charge in [0.1, 0.15) is 11.5 Å². The van der Waals surface area contributed by atoms with Gasteiger partial charge in [0.25, 0.3) is 0 Å². The van der Waals surface area contributed by atoms with Crippen LogP contribution in [0.25, 0.3) is 16.9 Å². The van der Waals surface area contributed by atoms with E-state index in [-0.39, 0.29) is 36.6 Å². The number of aromatic nitrogens is 2. The molecule has 9 nitrogen and oxygen atoms in total. The van der Waals surface area contributed by atoms with Crippen molar-refractivity contribution in [3.8, 4) is 11.3 Å². The van der Waals surface area contributed by atoms with Crippen molar-refractivity contribution in [2.24, 2.45) is 0 Å². The number of benzene rings is 1. The van der Waals surface area contributed by atoms with Gasteiger partial charge in [0, 0.05) is 38.0 Å². The molecular formula is C30H40FN3O6. The molecule has 0 unspecified atom stereocenters. The van der Waals surface area contributed by atoms with Gasteiger partial charge in [-0.1, -0.05) is 20.8 Å². The topological polar surface area (TPSA) is 99.4 Å². The molecule has 0 saturated carbocycles. The number of ketones is 2. The maximum absolute atomic E-state index is 15.5. The van der Waals surface area contributed by atoms with E-state index in [1.807, 2.05) is 39.8 Å². The molecule has 0 bridgehead atoms. The summed E-state index contributed by atoms with van der Waals surface area (Å²) in [6.07, 6.45) is 1.18. The first kappa shape index (κ1) is 32.6. The zero-order valence-corrected chi connectivity index (χ0v) is 24.7. The van der Waals surface area contributed by atoms with E-state index in [1.54, 1.807) is 23.6 Å². The van der Waals surface area contributed by atoms with Crippen molar-refractivity contribution in [1.29, 1.82) is 0 Å². The molecule has 0 saturated heterocycles. The number of fused-ring (bicyclic) bond motifs is 1. The highest BCUT2D eigenvalue weighted by molar-refractivity contribution is 5.97. The fourth-order valence-electron chi connectivity index (χ4n) is 4.36. The highest BCUT2D eigenvalue weighted by Crippen LogP contribution is 2.32. The molecule has 0 radical (unpaired) electrons. The van der Waals surface area contributed by atoms with E-state index in [4.69, 9.17) is 14.2 Å². The quantitative estimate of drug-likeness (QED) is 0.212. The lowest BCUT2D eigenvalue weighted by Gasteiger charge is -2.24. The van der Waals surface area contributed by atoms with E-state index in [1.165, 1.54) is 32.3 Å². The van der Waals surface area contributed by atoms with Gasteiger partial charge < -0.3 is 18.6 Å². The minimum Gasteiger partial charge on any atom is -0.453 e. The van der Waals surface area contributed by atoms with Gasteiger partial charge in [0.15, 0.2) is 17.9 Å². The summed E-state index contributed by atoms with van der Waals surface area (Å²) < 4.78 is 32.4. The Morgan fingerprint density at radius 3 is 2.33 bits per heavy atom. The van der Waals surface area contributed by atoms with Crippen LogP contribution in [0.4, 0.5) is 9.18 Å². The molecule has 40 heavy (non-hydrogen) atoms.